The molecular formula is C36H41N3O8. The number of nitrogens with zero attached hydrogens (tertiary/aromatic N) is 1. The molecule has 248 valence electrons. The Morgan fingerprint density at radius 1 is 1.06 bits per heavy atom. The van der Waals surface area contributed by atoms with Gasteiger partial charge in [0.15, 0.2) is 11.4 Å². The molecule has 2 fully saturated rings. The summed E-state index contributed by atoms with van der Waals surface area (Å²) in [5, 5.41) is 49.4. The number of benzene rings is 2. The number of fused-ring (bicyclic) bond motifs is 3. The summed E-state index contributed by atoms with van der Waals surface area (Å²) in [5.41, 5.74) is 5.00. The number of primary amides is 1. The third-order valence-corrected chi connectivity index (χ3v) is 10.3. The molecule has 0 heterocycles. The molecule has 11 nitrogen and oxygen atoms in total. The molecular weight excluding hydrogens is 602 g/mol. The zero-order valence-corrected chi connectivity index (χ0v) is 27.2. The topological polar surface area (TPSA) is 190 Å². The fourth-order valence-corrected chi connectivity index (χ4v) is 7.58. The number of nitrogens with one attached hydrogen (secondary N) is 1. The van der Waals surface area contributed by atoms with Crippen molar-refractivity contribution >= 4 is 29.1 Å². The molecule has 0 saturated heterocycles. The summed E-state index contributed by atoms with van der Waals surface area (Å²) in [6.07, 6.45) is 1.75. The Kier molecular flexibility index (Phi) is 7.64. The van der Waals surface area contributed by atoms with E-state index < -0.39 is 58.0 Å². The van der Waals surface area contributed by atoms with Crippen LogP contribution in [0.25, 0.3) is 16.9 Å². The predicted octanol–water partition coefficient (Wildman–Crippen LogP) is 2.95. The van der Waals surface area contributed by atoms with Crippen LogP contribution in [-0.2, 0) is 37.6 Å². The van der Waals surface area contributed by atoms with Crippen LogP contribution < -0.4 is 11.1 Å². The van der Waals surface area contributed by atoms with Gasteiger partial charge in [0.25, 0.3) is 5.91 Å². The zero-order chi connectivity index (χ0) is 34.3. The number of amides is 2. The summed E-state index contributed by atoms with van der Waals surface area (Å²) in [6.45, 7) is 6.29. The number of aliphatic hydroxyl groups excluding tert-OH is 2. The number of carbonyl (C=O) groups is 4. The SMILES string of the molecule is CN(C)[C@@H]1C(=O)C(C(N)=O)=C(O)[C@@]2(O)C(=O)C3=C(O)c4c(O)c(CNC(=O)C5CC5)cc(-c5ccc(C(C)(C)C)cc5)c4C[C@H]3C[C@@H]12. The molecule has 0 unspecified atom stereocenters. The minimum absolute atomic E-state index is 0.00522. The van der Waals surface area contributed by atoms with E-state index in [0.717, 1.165) is 24.0 Å². The summed E-state index contributed by atoms with van der Waals surface area (Å²) >= 11 is 0. The van der Waals surface area contributed by atoms with Crippen LogP contribution in [-0.4, -0.2) is 74.4 Å². The summed E-state index contributed by atoms with van der Waals surface area (Å²) < 4.78 is 0. The average molecular weight is 644 g/mol. The number of hydrogen-bond acceptors (Lipinski definition) is 9. The lowest BCUT2D eigenvalue weighted by atomic mass is 9.57. The van der Waals surface area contributed by atoms with Crippen molar-refractivity contribution in [3.8, 4) is 16.9 Å². The van der Waals surface area contributed by atoms with Crippen molar-refractivity contribution in [3.63, 3.8) is 0 Å². The molecule has 2 aromatic rings. The number of hydrogen-bond donors (Lipinski definition) is 6. The van der Waals surface area contributed by atoms with Crippen molar-refractivity contribution in [1.82, 2.24) is 10.2 Å². The van der Waals surface area contributed by atoms with Gasteiger partial charge in [-0.1, -0.05) is 45.0 Å². The Labute approximate surface area is 272 Å². The van der Waals surface area contributed by atoms with E-state index in [9.17, 15) is 39.6 Å². The normalized spacial score (nSPS) is 25.8. The lowest BCUT2D eigenvalue weighted by Gasteiger charge is -2.50. The van der Waals surface area contributed by atoms with Crippen LogP contribution in [0.15, 0.2) is 47.2 Å². The number of phenols is 1. The second-order valence-electron chi connectivity index (χ2n) is 14.6. The zero-order valence-electron chi connectivity index (χ0n) is 27.2. The maximum Gasteiger partial charge on any atom is 0.255 e. The average Bonchev–Trinajstić information content (AvgIpc) is 3.84. The number of carbonyl (C=O) groups excluding carboxylic acids is 4. The van der Waals surface area contributed by atoms with Crippen molar-refractivity contribution in [2.45, 2.75) is 70.1 Å². The molecule has 47 heavy (non-hydrogen) atoms. The Morgan fingerprint density at radius 3 is 2.26 bits per heavy atom. The van der Waals surface area contributed by atoms with E-state index in [0.29, 0.717) is 16.7 Å². The molecule has 0 aromatic heterocycles. The molecule has 4 aliphatic rings. The maximum atomic E-state index is 14.3. The number of aromatic hydroxyl groups is 1. The van der Waals surface area contributed by atoms with Crippen molar-refractivity contribution in [2.24, 2.45) is 23.5 Å². The lowest BCUT2D eigenvalue weighted by molar-refractivity contribution is -0.153. The van der Waals surface area contributed by atoms with E-state index in [2.05, 4.69) is 26.1 Å². The highest BCUT2D eigenvalue weighted by Gasteiger charge is 2.64. The number of Topliss-reactive ketones (excluding diaryl/α,β-unsaturated/α-hetero) is 2. The van der Waals surface area contributed by atoms with Crippen molar-refractivity contribution in [1.29, 1.82) is 0 Å². The van der Waals surface area contributed by atoms with Gasteiger partial charge in [-0.3, -0.25) is 24.1 Å². The largest absolute Gasteiger partial charge is 0.508 e. The van der Waals surface area contributed by atoms with Gasteiger partial charge >= 0.3 is 0 Å². The van der Waals surface area contributed by atoms with E-state index in [1.54, 1.807) is 20.2 Å². The van der Waals surface area contributed by atoms with Gasteiger partial charge in [0.05, 0.1) is 11.6 Å². The van der Waals surface area contributed by atoms with E-state index in [4.69, 9.17) is 5.73 Å². The fourth-order valence-electron chi connectivity index (χ4n) is 7.58. The molecule has 11 heteroatoms. The molecule has 4 aliphatic carbocycles. The summed E-state index contributed by atoms with van der Waals surface area (Å²) in [7, 11) is 3.13. The van der Waals surface area contributed by atoms with Gasteiger partial charge in [-0.05, 0) is 79.4 Å². The highest BCUT2D eigenvalue weighted by molar-refractivity contribution is 6.24. The molecule has 0 radical (unpaired) electrons. The minimum Gasteiger partial charge on any atom is -0.508 e. The number of likely N-dealkylation sites (N-methyl/N-ethyl adjacent to an activating group) is 1. The maximum absolute atomic E-state index is 14.3. The van der Waals surface area contributed by atoms with Crippen LogP contribution in [0.2, 0.25) is 0 Å². The number of ketones is 2. The van der Waals surface area contributed by atoms with E-state index >= 15 is 0 Å². The van der Waals surface area contributed by atoms with Crippen LogP contribution in [0.1, 0.15) is 62.3 Å². The summed E-state index contributed by atoms with van der Waals surface area (Å²) in [6, 6.07) is 8.56. The molecule has 0 spiro atoms. The van der Waals surface area contributed by atoms with Gasteiger partial charge in [-0.15, -0.1) is 0 Å². The number of phenolic OH excluding ortho intramolecular Hbond substituents is 1. The standard InChI is InChI=1S/C36H41N3O8/c1-35(2,3)20-10-8-16(9-11-20)21-13-19(15-38-34(46)17-6-7-17)28(40)25-22(21)12-18-14-23-27(39(4)5)30(42)26(33(37)45)32(44)36(23,47)31(43)24(18)29(25)41/h8-11,13,17-18,23,27,40-41,44,47H,6-7,12,14-15H2,1-5H3,(H2,37,45)(H,38,46)/t18-,23-,27-,36-/m0/s1. The van der Waals surface area contributed by atoms with Gasteiger partial charge in [0, 0.05) is 29.5 Å². The molecule has 2 aromatic carbocycles. The van der Waals surface area contributed by atoms with Gasteiger partial charge in [-0.2, -0.15) is 0 Å². The number of aliphatic hydroxyl groups is 3. The Balaban J connectivity index is 1.54. The van der Waals surface area contributed by atoms with Crippen LogP contribution in [0.3, 0.4) is 0 Å². The van der Waals surface area contributed by atoms with Crippen LogP contribution in [0.5, 0.6) is 5.75 Å². The first kappa shape index (κ1) is 32.5. The number of nitrogens with two attached hydrogens (primary N) is 1. The highest BCUT2D eigenvalue weighted by atomic mass is 16.3. The van der Waals surface area contributed by atoms with Gasteiger partial charge in [0.2, 0.25) is 11.7 Å². The molecule has 0 bridgehead atoms. The van der Waals surface area contributed by atoms with Gasteiger partial charge in [0.1, 0.15) is 22.8 Å². The first-order valence-electron chi connectivity index (χ1n) is 15.9. The second kappa shape index (κ2) is 11.1. The third-order valence-electron chi connectivity index (χ3n) is 10.3. The van der Waals surface area contributed by atoms with E-state index in [1.807, 2.05) is 24.3 Å². The van der Waals surface area contributed by atoms with Gasteiger partial charge < -0.3 is 31.5 Å². The molecule has 0 aliphatic heterocycles. The first-order valence-corrected chi connectivity index (χ1v) is 15.9. The monoisotopic (exact) mass is 643 g/mol. The van der Waals surface area contributed by atoms with Crippen molar-refractivity contribution in [2.75, 3.05) is 14.1 Å². The Bertz CT molecular complexity index is 1800. The lowest BCUT2D eigenvalue weighted by Crippen LogP contribution is -2.65. The molecule has 2 amide bonds. The third kappa shape index (κ3) is 5.03. The molecule has 2 saturated carbocycles. The van der Waals surface area contributed by atoms with E-state index in [1.165, 1.54) is 4.90 Å². The fraction of sp³-hybridized carbons (Fsp3) is 0.444. The quantitative estimate of drug-likeness (QED) is 0.257. The van der Waals surface area contributed by atoms with Crippen LogP contribution in [0.4, 0.5) is 0 Å². The summed E-state index contributed by atoms with van der Waals surface area (Å²) in [5.74, 6) is -7.24. The summed E-state index contributed by atoms with van der Waals surface area (Å²) in [4.78, 5) is 54.0. The van der Waals surface area contributed by atoms with Crippen molar-refractivity contribution in [3.05, 3.63) is 69.5 Å². The molecule has 4 atom stereocenters. The minimum atomic E-state index is -2.72. The van der Waals surface area contributed by atoms with E-state index in [-0.39, 0.29) is 53.5 Å². The highest BCUT2D eigenvalue weighted by Crippen LogP contribution is 2.54. The predicted molar refractivity (Wildman–Crippen MR) is 173 cm³/mol. The first-order chi connectivity index (χ1) is 22.0. The Hall–Kier alpha value is -4.48. The smallest absolute Gasteiger partial charge is 0.255 e. The second-order valence-corrected chi connectivity index (χ2v) is 14.6. The van der Waals surface area contributed by atoms with Crippen LogP contribution in [0, 0.1) is 17.8 Å². The van der Waals surface area contributed by atoms with Crippen LogP contribution >= 0.6 is 0 Å². The molecule has 6 rings (SSSR count). The Morgan fingerprint density at radius 2 is 1.70 bits per heavy atom. The number of rotatable bonds is 6. The van der Waals surface area contributed by atoms with Crippen molar-refractivity contribution < 1.29 is 39.6 Å². The van der Waals surface area contributed by atoms with Gasteiger partial charge in [-0.25, -0.2) is 0 Å². The molecule has 7 N–H and O–H groups in total.